The topological polar surface area (TPSA) is 101 Å². The molecule has 0 spiro atoms. The van der Waals surface area contributed by atoms with E-state index in [-0.39, 0.29) is 25.2 Å². The van der Waals surface area contributed by atoms with Gasteiger partial charge in [-0.15, -0.1) is 0 Å². The molecule has 8 nitrogen and oxygen atoms in total. The number of nitrogen functional groups attached to an aromatic ring is 1. The molecule has 0 fully saturated rings. The largest absolute Gasteiger partial charge is 0.456 e. The molecule has 0 bridgehead atoms. The minimum absolute atomic E-state index is 0.0275. The zero-order valence-electron chi connectivity index (χ0n) is 12.7. The summed E-state index contributed by atoms with van der Waals surface area (Å²) in [4.78, 5) is 16.0. The van der Waals surface area contributed by atoms with E-state index >= 15 is 0 Å². The number of ether oxygens (including phenoxy) is 1. The van der Waals surface area contributed by atoms with Gasteiger partial charge in [-0.3, -0.25) is 9.48 Å². The number of carbonyl (C=O) groups is 1. The molecule has 2 rings (SSSR count). The maximum absolute atomic E-state index is 11.9. The summed E-state index contributed by atoms with van der Waals surface area (Å²) < 4.78 is 8.48. The lowest BCUT2D eigenvalue weighted by Gasteiger charge is -2.10. The number of esters is 1. The third-order valence-electron chi connectivity index (χ3n) is 3.21. The lowest BCUT2D eigenvalue weighted by Crippen LogP contribution is -2.17. The molecule has 0 aliphatic heterocycles. The van der Waals surface area contributed by atoms with Crippen LogP contribution in [0.5, 0.6) is 0 Å². The standard InChI is InChI=1S/C13H20N6O2/c1-8(2)19-11(15-7-16-19)6-21-12(20)5-18-10(4)13(14)9(3)17-18/h7-8H,5-6,14H2,1-4H3. The summed E-state index contributed by atoms with van der Waals surface area (Å²) in [5, 5.41) is 8.29. The molecule has 0 atom stereocenters. The Morgan fingerprint density at radius 1 is 1.43 bits per heavy atom. The monoisotopic (exact) mass is 292 g/mol. The molecule has 2 aromatic rings. The van der Waals surface area contributed by atoms with Gasteiger partial charge in [0.05, 0.1) is 17.1 Å². The van der Waals surface area contributed by atoms with Crippen molar-refractivity contribution in [1.82, 2.24) is 24.5 Å². The van der Waals surface area contributed by atoms with Gasteiger partial charge in [-0.05, 0) is 27.7 Å². The van der Waals surface area contributed by atoms with E-state index in [1.165, 1.54) is 6.33 Å². The van der Waals surface area contributed by atoms with Crippen LogP contribution in [0.15, 0.2) is 6.33 Å². The van der Waals surface area contributed by atoms with Crippen LogP contribution < -0.4 is 5.73 Å². The van der Waals surface area contributed by atoms with Crippen LogP contribution in [-0.2, 0) is 22.7 Å². The molecule has 114 valence electrons. The Morgan fingerprint density at radius 3 is 2.71 bits per heavy atom. The summed E-state index contributed by atoms with van der Waals surface area (Å²) in [6.45, 7) is 7.70. The zero-order valence-corrected chi connectivity index (χ0v) is 12.7. The molecular formula is C13H20N6O2. The highest BCUT2D eigenvalue weighted by atomic mass is 16.5. The van der Waals surface area contributed by atoms with Gasteiger partial charge in [0.25, 0.3) is 0 Å². The van der Waals surface area contributed by atoms with Crippen molar-refractivity contribution in [3.8, 4) is 0 Å². The Kier molecular flexibility index (Phi) is 4.25. The van der Waals surface area contributed by atoms with Gasteiger partial charge in [0.1, 0.15) is 12.9 Å². The normalized spacial score (nSPS) is 11.1. The van der Waals surface area contributed by atoms with Crippen molar-refractivity contribution >= 4 is 11.7 Å². The molecule has 0 aromatic carbocycles. The van der Waals surface area contributed by atoms with Crippen molar-refractivity contribution in [3.05, 3.63) is 23.5 Å². The Hall–Kier alpha value is -2.38. The van der Waals surface area contributed by atoms with Crippen molar-refractivity contribution in [1.29, 1.82) is 0 Å². The van der Waals surface area contributed by atoms with E-state index in [2.05, 4.69) is 15.2 Å². The first-order valence-corrected chi connectivity index (χ1v) is 6.73. The summed E-state index contributed by atoms with van der Waals surface area (Å²) in [6.07, 6.45) is 1.45. The average Bonchev–Trinajstić information content (AvgIpc) is 2.98. The molecule has 0 aliphatic rings. The van der Waals surface area contributed by atoms with Crippen LogP contribution in [0, 0.1) is 13.8 Å². The first kappa shape index (κ1) is 15.0. The number of anilines is 1. The van der Waals surface area contributed by atoms with E-state index < -0.39 is 0 Å². The molecule has 8 heteroatoms. The van der Waals surface area contributed by atoms with E-state index in [4.69, 9.17) is 10.5 Å². The minimum Gasteiger partial charge on any atom is -0.456 e. The van der Waals surface area contributed by atoms with Crippen LogP contribution in [0.3, 0.4) is 0 Å². The summed E-state index contributed by atoms with van der Waals surface area (Å²) >= 11 is 0. The van der Waals surface area contributed by atoms with Gasteiger partial charge in [-0.25, -0.2) is 9.67 Å². The highest BCUT2D eigenvalue weighted by Crippen LogP contribution is 2.14. The number of hydrogen-bond donors (Lipinski definition) is 1. The number of hydrogen-bond acceptors (Lipinski definition) is 6. The molecule has 0 radical (unpaired) electrons. The second-order valence-electron chi connectivity index (χ2n) is 5.12. The summed E-state index contributed by atoms with van der Waals surface area (Å²) in [6, 6.07) is 0.164. The second-order valence-corrected chi connectivity index (χ2v) is 5.12. The fourth-order valence-electron chi connectivity index (χ4n) is 1.99. The molecule has 2 N–H and O–H groups in total. The van der Waals surface area contributed by atoms with Gasteiger partial charge in [0.15, 0.2) is 12.4 Å². The van der Waals surface area contributed by atoms with Gasteiger partial charge in [0, 0.05) is 6.04 Å². The first-order valence-electron chi connectivity index (χ1n) is 6.73. The Morgan fingerprint density at radius 2 is 2.14 bits per heavy atom. The number of aromatic nitrogens is 5. The molecule has 21 heavy (non-hydrogen) atoms. The third-order valence-corrected chi connectivity index (χ3v) is 3.21. The summed E-state index contributed by atoms with van der Waals surface area (Å²) in [5.74, 6) is 0.227. The van der Waals surface area contributed by atoms with Crippen molar-refractivity contribution in [3.63, 3.8) is 0 Å². The highest BCUT2D eigenvalue weighted by Gasteiger charge is 2.14. The van der Waals surface area contributed by atoms with Crippen molar-refractivity contribution < 1.29 is 9.53 Å². The SMILES string of the molecule is Cc1nn(CC(=O)OCc2ncnn2C(C)C)c(C)c1N. The molecule has 0 saturated carbocycles. The lowest BCUT2D eigenvalue weighted by atomic mass is 10.3. The van der Waals surface area contributed by atoms with Gasteiger partial charge in [-0.2, -0.15) is 10.2 Å². The predicted molar refractivity (Wildman–Crippen MR) is 76.3 cm³/mol. The Balaban J connectivity index is 1.96. The Labute approximate surface area is 122 Å². The van der Waals surface area contributed by atoms with Crippen LogP contribution in [0.4, 0.5) is 5.69 Å². The van der Waals surface area contributed by atoms with Gasteiger partial charge < -0.3 is 10.5 Å². The average molecular weight is 292 g/mol. The van der Waals surface area contributed by atoms with Crippen LogP contribution in [0.25, 0.3) is 0 Å². The van der Waals surface area contributed by atoms with Crippen molar-refractivity contribution in [2.45, 2.75) is 46.9 Å². The molecule has 0 amide bonds. The van der Waals surface area contributed by atoms with Crippen molar-refractivity contribution in [2.75, 3.05) is 5.73 Å². The van der Waals surface area contributed by atoms with E-state index in [9.17, 15) is 4.79 Å². The van der Waals surface area contributed by atoms with Gasteiger partial charge in [0.2, 0.25) is 0 Å². The predicted octanol–water partition coefficient (Wildman–Crippen LogP) is 0.998. The first-order chi connectivity index (χ1) is 9.90. The molecule has 0 saturated heterocycles. The van der Waals surface area contributed by atoms with Crippen LogP contribution in [-0.4, -0.2) is 30.5 Å². The summed E-state index contributed by atoms with van der Waals surface area (Å²) in [5.41, 5.74) is 7.89. The van der Waals surface area contributed by atoms with Crippen LogP contribution in [0.1, 0.15) is 37.1 Å². The third kappa shape index (κ3) is 3.21. The van der Waals surface area contributed by atoms with E-state index in [1.54, 1.807) is 16.3 Å². The van der Waals surface area contributed by atoms with Crippen LogP contribution >= 0.6 is 0 Å². The molecule has 0 unspecified atom stereocenters. The fraction of sp³-hybridized carbons (Fsp3) is 0.538. The maximum Gasteiger partial charge on any atom is 0.328 e. The van der Waals surface area contributed by atoms with Gasteiger partial charge >= 0.3 is 5.97 Å². The number of nitrogens with zero attached hydrogens (tertiary/aromatic N) is 5. The molecular weight excluding hydrogens is 272 g/mol. The zero-order chi connectivity index (χ0) is 15.6. The summed E-state index contributed by atoms with van der Waals surface area (Å²) in [7, 11) is 0. The van der Waals surface area contributed by atoms with E-state index in [1.807, 2.05) is 20.8 Å². The quantitative estimate of drug-likeness (QED) is 0.825. The van der Waals surface area contributed by atoms with E-state index in [0.717, 1.165) is 5.69 Å². The van der Waals surface area contributed by atoms with E-state index in [0.29, 0.717) is 17.2 Å². The molecule has 2 heterocycles. The molecule has 0 aliphatic carbocycles. The second kappa shape index (κ2) is 5.94. The van der Waals surface area contributed by atoms with Crippen molar-refractivity contribution in [2.24, 2.45) is 0 Å². The highest BCUT2D eigenvalue weighted by molar-refractivity contribution is 5.69. The fourth-order valence-corrected chi connectivity index (χ4v) is 1.99. The number of aryl methyl sites for hydroxylation is 1. The van der Waals surface area contributed by atoms with Gasteiger partial charge in [-0.1, -0.05) is 0 Å². The number of rotatable bonds is 5. The number of carbonyl (C=O) groups excluding carboxylic acids is 1. The Bertz CT molecular complexity index is 643. The number of nitrogens with two attached hydrogens (primary N) is 1. The molecule has 2 aromatic heterocycles. The maximum atomic E-state index is 11.9. The smallest absolute Gasteiger partial charge is 0.328 e. The van der Waals surface area contributed by atoms with Crippen LogP contribution in [0.2, 0.25) is 0 Å². The minimum atomic E-state index is -0.390. The lowest BCUT2D eigenvalue weighted by molar-refractivity contribution is -0.146.